The Kier molecular flexibility index (Phi) is 3.49. The van der Waals surface area contributed by atoms with Crippen molar-refractivity contribution in [1.29, 1.82) is 0 Å². The summed E-state index contributed by atoms with van der Waals surface area (Å²) in [5.74, 6) is 2.41. The summed E-state index contributed by atoms with van der Waals surface area (Å²) in [4.78, 5) is 10.4. The first kappa shape index (κ1) is 14.2. The highest BCUT2D eigenvalue weighted by Gasteiger charge is 2.25. The monoisotopic (exact) mass is 329 g/mol. The maximum atomic E-state index is 5.97. The van der Waals surface area contributed by atoms with Crippen LogP contribution in [0.1, 0.15) is 24.6 Å². The predicted octanol–water partition coefficient (Wildman–Crippen LogP) is 2.14. The standard InChI is InChI=1S/C15H16ClN7/c16-11-9-13(19-15(17)18-11)22-7-4-10(5-8-22)14-21-20-12-3-1-2-6-23(12)14/h1-3,6,9-10H,4-5,7-8H2,(H2,17,18,19). The Morgan fingerprint density at radius 1 is 1.13 bits per heavy atom. The van der Waals surface area contributed by atoms with Gasteiger partial charge < -0.3 is 10.6 Å². The Morgan fingerprint density at radius 2 is 1.96 bits per heavy atom. The Morgan fingerprint density at radius 3 is 2.74 bits per heavy atom. The molecule has 118 valence electrons. The van der Waals surface area contributed by atoms with Crippen molar-refractivity contribution < 1.29 is 0 Å². The topological polar surface area (TPSA) is 85.2 Å². The molecule has 1 fully saturated rings. The zero-order valence-electron chi connectivity index (χ0n) is 12.4. The van der Waals surface area contributed by atoms with Gasteiger partial charge in [0.05, 0.1) is 0 Å². The normalized spacial score (nSPS) is 16.1. The predicted molar refractivity (Wildman–Crippen MR) is 88.6 cm³/mol. The summed E-state index contributed by atoms with van der Waals surface area (Å²) in [6.07, 6.45) is 3.98. The SMILES string of the molecule is Nc1nc(Cl)cc(N2CCC(c3nnc4ccccn34)CC2)n1. The van der Waals surface area contributed by atoms with Crippen molar-refractivity contribution in [2.45, 2.75) is 18.8 Å². The zero-order chi connectivity index (χ0) is 15.8. The average Bonchev–Trinajstić information content (AvgIpc) is 2.98. The highest BCUT2D eigenvalue weighted by Crippen LogP contribution is 2.29. The molecule has 0 bridgehead atoms. The van der Waals surface area contributed by atoms with Gasteiger partial charge >= 0.3 is 0 Å². The van der Waals surface area contributed by atoms with E-state index in [4.69, 9.17) is 17.3 Å². The lowest BCUT2D eigenvalue weighted by Crippen LogP contribution is -2.34. The number of nitrogens with two attached hydrogens (primary N) is 1. The van der Waals surface area contributed by atoms with E-state index in [1.54, 1.807) is 6.07 Å². The highest BCUT2D eigenvalue weighted by molar-refractivity contribution is 6.29. The molecule has 0 saturated carbocycles. The van der Waals surface area contributed by atoms with E-state index in [0.29, 0.717) is 11.1 Å². The summed E-state index contributed by atoms with van der Waals surface area (Å²) in [7, 11) is 0. The molecule has 1 saturated heterocycles. The fraction of sp³-hybridized carbons (Fsp3) is 0.333. The lowest BCUT2D eigenvalue weighted by molar-refractivity contribution is 0.480. The zero-order valence-corrected chi connectivity index (χ0v) is 13.2. The van der Waals surface area contributed by atoms with E-state index in [1.165, 1.54) is 0 Å². The quantitative estimate of drug-likeness (QED) is 0.725. The number of anilines is 2. The van der Waals surface area contributed by atoms with Crippen molar-refractivity contribution in [3.05, 3.63) is 41.4 Å². The van der Waals surface area contributed by atoms with Crippen LogP contribution in [-0.4, -0.2) is 37.7 Å². The van der Waals surface area contributed by atoms with Crippen LogP contribution in [0.4, 0.5) is 11.8 Å². The fourth-order valence-corrected chi connectivity index (χ4v) is 3.27. The number of hydrogen-bond donors (Lipinski definition) is 1. The number of nitrogen functional groups attached to an aromatic ring is 1. The van der Waals surface area contributed by atoms with Crippen LogP contribution >= 0.6 is 11.6 Å². The van der Waals surface area contributed by atoms with Gasteiger partial charge in [0.15, 0.2) is 5.65 Å². The molecular formula is C15H16ClN7. The summed E-state index contributed by atoms with van der Waals surface area (Å²) in [5.41, 5.74) is 6.57. The van der Waals surface area contributed by atoms with Crippen molar-refractivity contribution >= 4 is 29.0 Å². The smallest absolute Gasteiger partial charge is 0.223 e. The minimum Gasteiger partial charge on any atom is -0.368 e. The average molecular weight is 330 g/mol. The molecule has 0 radical (unpaired) electrons. The second-order valence-corrected chi connectivity index (χ2v) is 6.04. The van der Waals surface area contributed by atoms with Gasteiger partial charge in [-0.15, -0.1) is 10.2 Å². The van der Waals surface area contributed by atoms with Crippen molar-refractivity contribution in [3.8, 4) is 0 Å². The molecule has 0 aliphatic carbocycles. The first-order valence-electron chi connectivity index (χ1n) is 7.55. The van der Waals surface area contributed by atoms with Gasteiger partial charge in [0.1, 0.15) is 16.8 Å². The molecule has 1 aliphatic heterocycles. The number of hydrogen-bond acceptors (Lipinski definition) is 6. The van der Waals surface area contributed by atoms with Crippen molar-refractivity contribution in [3.63, 3.8) is 0 Å². The van der Waals surface area contributed by atoms with E-state index in [1.807, 2.05) is 24.4 Å². The molecule has 0 aromatic carbocycles. The van der Waals surface area contributed by atoms with Gasteiger partial charge in [-0.2, -0.15) is 4.98 Å². The number of pyridine rings is 1. The third-order valence-electron chi connectivity index (χ3n) is 4.22. The summed E-state index contributed by atoms with van der Waals surface area (Å²) in [5, 5.41) is 8.98. The van der Waals surface area contributed by atoms with Crippen LogP contribution in [0.15, 0.2) is 30.5 Å². The molecule has 3 aromatic rings. The lowest BCUT2D eigenvalue weighted by Gasteiger charge is -2.32. The molecule has 7 nitrogen and oxygen atoms in total. The Balaban J connectivity index is 1.53. The molecule has 8 heteroatoms. The third kappa shape index (κ3) is 2.68. The molecule has 0 amide bonds. The van der Waals surface area contributed by atoms with Crippen LogP contribution in [0.3, 0.4) is 0 Å². The first-order valence-corrected chi connectivity index (χ1v) is 7.93. The minimum absolute atomic E-state index is 0.207. The summed E-state index contributed by atoms with van der Waals surface area (Å²) >= 11 is 5.97. The molecule has 4 heterocycles. The van der Waals surface area contributed by atoms with E-state index in [0.717, 1.165) is 43.2 Å². The molecule has 23 heavy (non-hydrogen) atoms. The van der Waals surface area contributed by atoms with Crippen LogP contribution < -0.4 is 10.6 Å². The van der Waals surface area contributed by atoms with Gasteiger partial charge in [0.2, 0.25) is 5.95 Å². The summed E-state index contributed by atoms with van der Waals surface area (Å²) in [6.45, 7) is 1.75. The van der Waals surface area contributed by atoms with E-state index < -0.39 is 0 Å². The number of piperidine rings is 1. The molecule has 2 N–H and O–H groups in total. The Bertz CT molecular complexity index is 818. The van der Waals surface area contributed by atoms with Gasteiger partial charge in [0, 0.05) is 31.3 Å². The van der Waals surface area contributed by atoms with Crippen LogP contribution in [0.2, 0.25) is 5.15 Å². The molecule has 0 unspecified atom stereocenters. The number of aromatic nitrogens is 5. The van der Waals surface area contributed by atoms with Crippen molar-refractivity contribution in [1.82, 2.24) is 24.6 Å². The second-order valence-electron chi connectivity index (χ2n) is 5.66. The number of rotatable bonds is 2. The molecule has 1 aliphatic rings. The highest BCUT2D eigenvalue weighted by atomic mass is 35.5. The molecule has 0 spiro atoms. The second kappa shape index (κ2) is 5.66. The number of fused-ring (bicyclic) bond motifs is 1. The van der Waals surface area contributed by atoms with Gasteiger partial charge in [-0.05, 0) is 25.0 Å². The van der Waals surface area contributed by atoms with E-state index in [2.05, 4.69) is 29.5 Å². The first-order chi connectivity index (χ1) is 11.2. The Hall–Kier alpha value is -2.41. The number of halogens is 1. The molecule has 3 aromatic heterocycles. The fourth-order valence-electron chi connectivity index (χ4n) is 3.09. The van der Waals surface area contributed by atoms with Gasteiger partial charge in [-0.1, -0.05) is 17.7 Å². The van der Waals surface area contributed by atoms with Gasteiger partial charge in [-0.25, -0.2) is 4.98 Å². The molecular weight excluding hydrogens is 314 g/mol. The van der Waals surface area contributed by atoms with Gasteiger partial charge in [-0.3, -0.25) is 4.40 Å². The van der Waals surface area contributed by atoms with Crippen LogP contribution in [-0.2, 0) is 0 Å². The van der Waals surface area contributed by atoms with E-state index >= 15 is 0 Å². The molecule has 0 atom stereocenters. The largest absolute Gasteiger partial charge is 0.368 e. The van der Waals surface area contributed by atoms with Crippen molar-refractivity contribution in [2.75, 3.05) is 23.7 Å². The lowest BCUT2D eigenvalue weighted by atomic mass is 9.96. The summed E-state index contributed by atoms with van der Waals surface area (Å²) in [6, 6.07) is 7.70. The number of nitrogens with zero attached hydrogens (tertiary/aromatic N) is 6. The van der Waals surface area contributed by atoms with Crippen LogP contribution in [0, 0.1) is 0 Å². The third-order valence-corrected chi connectivity index (χ3v) is 4.42. The van der Waals surface area contributed by atoms with E-state index in [9.17, 15) is 0 Å². The van der Waals surface area contributed by atoms with Crippen LogP contribution in [0.25, 0.3) is 5.65 Å². The van der Waals surface area contributed by atoms with E-state index in [-0.39, 0.29) is 5.95 Å². The minimum atomic E-state index is 0.207. The van der Waals surface area contributed by atoms with Gasteiger partial charge in [0.25, 0.3) is 0 Å². The van der Waals surface area contributed by atoms with Crippen LogP contribution in [0.5, 0.6) is 0 Å². The molecule has 4 rings (SSSR count). The maximum Gasteiger partial charge on any atom is 0.223 e. The van der Waals surface area contributed by atoms with Crippen molar-refractivity contribution in [2.24, 2.45) is 0 Å². The maximum absolute atomic E-state index is 5.97. The Labute approximate surface area is 138 Å². The summed E-state index contributed by atoms with van der Waals surface area (Å²) < 4.78 is 2.07.